The van der Waals surface area contributed by atoms with Gasteiger partial charge in [0.2, 0.25) is 0 Å². The minimum Gasteiger partial charge on any atom is -0.229 e. The molecular weight excluding hydrogens is 191 g/mol. The predicted octanol–water partition coefficient (Wildman–Crippen LogP) is 1.14. The van der Waals surface area contributed by atoms with Crippen molar-refractivity contribution in [3.63, 3.8) is 0 Å². The molecule has 0 spiro atoms. The van der Waals surface area contributed by atoms with E-state index >= 15 is 0 Å². The lowest BCUT2D eigenvalue weighted by molar-refractivity contribution is 0.550. The first-order chi connectivity index (χ1) is 6.08. The van der Waals surface area contributed by atoms with Gasteiger partial charge in [-0.25, -0.2) is 12.8 Å². The summed E-state index contributed by atoms with van der Waals surface area (Å²) in [5.41, 5.74) is 0.494. The summed E-state index contributed by atoms with van der Waals surface area (Å²) >= 11 is 0. The zero-order valence-electron chi connectivity index (χ0n) is 6.83. The van der Waals surface area contributed by atoms with Gasteiger partial charge in [-0.05, 0) is 17.7 Å². The van der Waals surface area contributed by atoms with Crippen LogP contribution in [0.15, 0.2) is 18.2 Å². The molecule has 2 nitrogen and oxygen atoms in total. The van der Waals surface area contributed by atoms with Crippen molar-refractivity contribution in [2.45, 2.75) is 5.92 Å². The molecule has 4 heteroatoms. The van der Waals surface area contributed by atoms with Crippen molar-refractivity contribution in [3.05, 3.63) is 35.6 Å². The molecule has 13 heavy (non-hydrogen) atoms. The highest BCUT2D eigenvalue weighted by Crippen LogP contribution is 2.30. The van der Waals surface area contributed by atoms with E-state index < -0.39 is 9.84 Å². The Hall–Kier alpha value is -0.900. The lowest BCUT2D eigenvalue weighted by Gasteiger charge is -2.26. The third kappa shape index (κ3) is 1.58. The van der Waals surface area contributed by atoms with E-state index in [2.05, 4.69) is 6.07 Å². The molecular formula is C9H8FO2S. The second kappa shape index (κ2) is 2.80. The number of benzene rings is 1. The van der Waals surface area contributed by atoms with Crippen LogP contribution < -0.4 is 0 Å². The Kier molecular flexibility index (Phi) is 1.87. The van der Waals surface area contributed by atoms with Crippen LogP contribution in [0.3, 0.4) is 0 Å². The Morgan fingerprint density at radius 1 is 1.46 bits per heavy atom. The van der Waals surface area contributed by atoms with Gasteiger partial charge in [0.15, 0.2) is 9.84 Å². The van der Waals surface area contributed by atoms with Gasteiger partial charge in [-0.15, -0.1) is 0 Å². The van der Waals surface area contributed by atoms with Gasteiger partial charge in [0.1, 0.15) is 5.82 Å². The first-order valence-electron chi connectivity index (χ1n) is 3.94. The zero-order chi connectivity index (χ0) is 9.47. The maximum atomic E-state index is 13.1. The van der Waals surface area contributed by atoms with E-state index in [1.54, 1.807) is 12.1 Å². The van der Waals surface area contributed by atoms with E-state index in [4.69, 9.17) is 0 Å². The van der Waals surface area contributed by atoms with Gasteiger partial charge in [-0.3, -0.25) is 0 Å². The van der Waals surface area contributed by atoms with Crippen LogP contribution in [0, 0.1) is 11.9 Å². The molecule has 1 heterocycles. The molecule has 0 aromatic heterocycles. The molecule has 0 amide bonds. The molecule has 0 N–H and O–H groups in total. The van der Waals surface area contributed by atoms with E-state index in [0.717, 1.165) is 0 Å². The standard InChI is InChI=1S/C9H8FO2S/c10-9-4-2-1-3-8(9)7-5-13(11,12)6-7/h1,3-4,7H,5-6H2. The summed E-state index contributed by atoms with van der Waals surface area (Å²) in [6, 6.07) is 7.03. The Bertz CT molecular complexity index is 413. The summed E-state index contributed by atoms with van der Waals surface area (Å²) in [6.45, 7) is 0. The molecule has 0 unspecified atom stereocenters. The van der Waals surface area contributed by atoms with Crippen molar-refractivity contribution in [1.29, 1.82) is 0 Å². The van der Waals surface area contributed by atoms with Crippen LogP contribution in [0.5, 0.6) is 0 Å². The number of hydrogen-bond acceptors (Lipinski definition) is 2. The van der Waals surface area contributed by atoms with E-state index in [1.165, 1.54) is 6.07 Å². The van der Waals surface area contributed by atoms with Crippen LogP contribution in [0.25, 0.3) is 0 Å². The molecule has 0 atom stereocenters. The second-order valence-corrected chi connectivity index (χ2v) is 5.38. The SMILES string of the molecule is O=S1(=O)CC(c2cc[c]cc2F)C1. The van der Waals surface area contributed by atoms with Crippen molar-refractivity contribution in [2.24, 2.45) is 0 Å². The monoisotopic (exact) mass is 199 g/mol. The van der Waals surface area contributed by atoms with Crippen molar-refractivity contribution in [1.82, 2.24) is 0 Å². The molecule has 1 aromatic rings. The van der Waals surface area contributed by atoms with Crippen LogP contribution in [0.1, 0.15) is 11.5 Å². The Morgan fingerprint density at radius 3 is 2.69 bits per heavy atom. The minimum absolute atomic E-state index is 0.0773. The van der Waals surface area contributed by atoms with Crippen LogP contribution in [0.4, 0.5) is 4.39 Å². The van der Waals surface area contributed by atoms with Crippen LogP contribution in [0.2, 0.25) is 0 Å². The first-order valence-corrected chi connectivity index (χ1v) is 5.76. The molecule has 1 radical (unpaired) electrons. The summed E-state index contributed by atoms with van der Waals surface area (Å²) < 4.78 is 34.8. The predicted molar refractivity (Wildman–Crippen MR) is 46.6 cm³/mol. The van der Waals surface area contributed by atoms with Crippen LogP contribution in [-0.2, 0) is 9.84 Å². The van der Waals surface area contributed by atoms with Gasteiger partial charge in [0.25, 0.3) is 0 Å². The number of halogens is 1. The maximum absolute atomic E-state index is 13.1. The van der Waals surface area contributed by atoms with Crippen molar-refractivity contribution < 1.29 is 12.8 Å². The summed E-state index contributed by atoms with van der Waals surface area (Å²) in [4.78, 5) is 0. The topological polar surface area (TPSA) is 34.1 Å². The summed E-state index contributed by atoms with van der Waals surface area (Å²) in [6.07, 6.45) is 0. The molecule has 0 saturated carbocycles. The molecule has 1 saturated heterocycles. The highest BCUT2D eigenvalue weighted by molar-refractivity contribution is 7.92. The second-order valence-electron chi connectivity index (χ2n) is 3.22. The maximum Gasteiger partial charge on any atom is 0.151 e. The largest absolute Gasteiger partial charge is 0.229 e. The van der Waals surface area contributed by atoms with Gasteiger partial charge in [-0.2, -0.15) is 0 Å². The smallest absolute Gasteiger partial charge is 0.151 e. The normalized spacial score (nSPS) is 21.0. The molecule has 1 aliphatic heterocycles. The molecule has 0 bridgehead atoms. The number of sulfone groups is 1. The van der Waals surface area contributed by atoms with E-state index in [1.807, 2.05) is 0 Å². The molecule has 1 aromatic carbocycles. The Morgan fingerprint density at radius 2 is 2.15 bits per heavy atom. The van der Waals surface area contributed by atoms with Crippen LogP contribution in [-0.4, -0.2) is 19.9 Å². The summed E-state index contributed by atoms with van der Waals surface area (Å²) in [7, 11) is -2.87. The van der Waals surface area contributed by atoms with Crippen molar-refractivity contribution in [2.75, 3.05) is 11.5 Å². The number of hydrogen-bond donors (Lipinski definition) is 0. The number of rotatable bonds is 1. The third-order valence-electron chi connectivity index (χ3n) is 2.20. The van der Waals surface area contributed by atoms with Crippen molar-refractivity contribution >= 4 is 9.84 Å². The van der Waals surface area contributed by atoms with Gasteiger partial charge < -0.3 is 0 Å². The van der Waals surface area contributed by atoms with Gasteiger partial charge >= 0.3 is 0 Å². The van der Waals surface area contributed by atoms with Crippen LogP contribution >= 0.6 is 0 Å². The summed E-state index contributed by atoms with van der Waals surface area (Å²) in [5, 5.41) is 0. The lowest BCUT2D eigenvalue weighted by Crippen LogP contribution is -2.34. The van der Waals surface area contributed by atoms with Gasteiger partial charge in [-0.1, -0.05) is 12.1 Å². The quantitative estimate of drug-likeness (QED) is 0.679. The molecule has 2 rings (SSSR count). The lowest BCUT2D eigenvalue weighted by atomic mass is 10.0. The Balaban J connectivity index is 2.25. The van der Waals surface area contributed by atoms with Gasteiger partial charge in [0.05, 0.1) is 11.5 Å². The molecule has 69 valence electrons. The fraction of sp³-hybridized carbons (Fsp3) is 0.333. The molecule has 1 fully saturated rings. The molecule has 0 aliphatic carbocycles. The summed E-state index contributed by atoms with van der Waals surface area (Å²) in [5.74, 6) is -0.357. The molecule has 1 aliphatic rings. The fourth-order valence-corrected chi connectivity index (χ4v) is 2.98. The zero-order valence-corrected chi connectivity index (χ0v) is 7.64. The highest BCUT2D eigenvalue weighted by Gasteiger charge is 2.35. The van der Waals surface area contributed by atoms with Gasteiger partial charge in [0, 0.05) is 5.92 Å². The Labute approximate surface area is 76.3 Å². The minimum atomic E-state index is -2.87. The average Bonchev–Trinajstić information content (AvgIpc) is 2.01. The highest BCUT2D eigenvalue weighted by atomic mass is 32.2. The third-order valence-corrected chi connectivity index (χ3v) is 4.02. The van der Waals surface area contributed by atoms with E-state index in [0.29, 0.717) is 5.56 Å². The average molecular weight is 199 g/mol. The van der Waals surface area contributed by atoms with E-state index in [-0.39, 0.29) is 23.2 Å². The van der Waals surface area contributed by atoms with Crippen molar-refractivity contribution in [3.8, 4) is 0 Å². The van der Waals surface area contributed by atoms with E-state index in [9.17, 15) is 12.8 Å². The fourth-order valence-electron chi connectivity index (χ4n) is 1.50. The first kappa shape index (κ1) is 8.69.